The van der Waals surface area contributed by atoms with E-state index in [2.05, 4.69) is 0 Å². The van der Waals surface area contributed by atoms with Gasteiger partial charge in [0, 0.05) is 24.1 Å². The molecule has 3 aromatic rings. The Balaban J connectivity index is 1.86. The van der Waals surface area contributed by atoms with E-state index in [1.54, 1.807) is 12.1 Å². The lowest BCUT2D eigenvalue weighted by atomic mass is 10.1. The number of halogens is 1. The average Bonchev–Trinajstić information content (AvgIpc) is 2.73. The number of rotatable bonds is 8. The van der Waals surface area contributed by atoms with Gasteiger partial charge in [0.2, 0.25) is 0 Å². The van der Waals surface area contributed by atoms with Crippen molar-refractivity contribution in [3.8, 4) is 22.8 Å². The molecule has 6 heteroatoms. The Labute approximate surface area is 181 Å². The Morgan fingerprint density at radius 1 is 1.10 bits per heavy atom. The Hall–Kier alpha value is -2.89. The Bertz CT molecular complexity index is 1000. The summed E-state index contributed by atoms with van der Waals surface area (Å²) in [6, 6.07) is 18.7. The molecule has 0 aliphatic rings. The predicted octanol–water partition coefficient (Wildman–Crippen LogP) is 5.79. The van der Waals surface area contributed by atoms with Gasteiger partial charge >= 0.3 is 5.97 Å². The van der Waals surface area contributed by atoms with Crippen LogP contribution in [0.5, 0.6) is 11.5 Å². The van der Waals surface area contributed by atoms with E-state index in [0.717, 1.165) is 22.5 Å². The van der Waals surface area contributed by atoms with Gasteiger partial charge in [-0.3, -0.25) is 4.79 Å². The van der Waals surface area contributed by atoms with Gasteiger partial charge in [0.05, 0.1) is 18.0 Å². The van der Waals surface area contributed by atoms with Crippen molar-refractivity contribution in [3.63, 3.8) is 0 Å². The predicted molar refractivity (Wildman–Crippen MR) is 117 cm³/mol. The summed E-state index contributed by atoms with van der Waals surface area (Å²) in [5.74, 6) is 0.801. The lowest BCUT2D eigenvalue weighted by Crippen LogP contribution is -2.16. The normalized spacial score (nSPS) is 11.7. The van der Waals surface area contributed by atoms with Crippen molar-refractivity contribution in [1.29, 1.82) is 0 Å². The molecular weight excluding hydrogens is 402 g/mol. The number of ether oxygens (including phenoxy) is 3. The number of hydrogen-bond donors (Lipinski definition) is 0. The number of carbonyl (C=O) groups is 1. The van der Waals surface area contributed by atoms with E-state index in [9.17, 15) is 4.79 Å². The fourth-order valence-electron chi connectivity index (χ4n) is 2.95. The lowest BCUT2D eigenvalue weighted by molar-refractivity contribution is -0.131. The van der Waals surface area contributed by atoms with Crippen molar-refractivity contribution in [2.75, 3.05) is 13.2 Å². The van der Waals surface area contributed by atoms with Crippen molar-refractivity contribution in [1.82, 2.24) is 4.98 Å². The SMILES string of the molecule is CCOC[C@@H](Oc1ccc(OC(C)=O)c(C)c1)c1cccc(-c2ccc(Cl)cc2)n1. The first-order valence-electron chi connectivity index (χ1n) is 9.72. The Morgan fingerprint density at radius 3 is 2.53 bits per heavy atom. The summed E-state index contributed by atoms with van der Waals surface area (Å²) in [6.45, 7) is 6.11. The highest BCUT2D eigenvalue weighted by atomic mass is 35.5. The van der Waals surface area contributed by atoms with Crippen LogP contribution >= 0.6 is 11.6 Å². The van der Waals surface area contributed by atoms with E-state index < -0.39 is 6.10 Å². The highest BCUT2D eigenvalue weighted by molar-refractivity contribution is 6.30. The molecule has 0 aliphatic heterocycles. The monoisotopic (exact) mass is 425 g/mol. The van der Waals surface area contributed by atoms with Gasteiger partial charge in [0.1, 0.15) is 11.5 Å². The minimum atomic E-state index is -0.392. The molecule has 0 fully saturated rings. The molecule has 1 atom stereocenters. The molecule has 0 aliphatic carbocycles. The highest BCUT2D eigenvalue weighted by Gasteiger charge is 2.17. The maximum atomic E-state index is 11.2. The lowest BCUT2D eigenvalue weighted by Gasteiger charge is -2.20. The minimum absolute atomic E-state index is 0.357. The van der Waals surface area contributed by atoms with Crippen LogP contribution in [0.1, 0.15) is 31.2 Å². The summed E-state index contributed by atoms with van der Waals surface area (Å²) in [4.78, 5) is 16.0. The molecule has 156 valence electrons. The van der Waals surface area contributed by atoms with Gasteiger partial charge in [-0.15, -0.1) is 0 Å². The molecule has 0 unspecified atom stereocenters. The van der Waals surface area contributed by atoms with Gasteiger partial charge in [-0.2, -0.15) is 0 Å². The molecule has 0 bridgehead atoms. The van der Waals surface area contributed by atoms with Crippen LogP contribution in [-0.4, -0.2) is 24.2 Å². The molecule has 0 amide bonds. The first-order chi connectivity index (χ1) is 14.5. The molecule has 0 N–H and O–H groups in total. The maximum absolute atomic E-state index is 11.2. The Morgan fingerprint density at radius 2 is 1.87 bits per heavy atom. The molecule has 3 rings (SSSR count). The summed E-state index contributed by atoms with van der Waals surface area (Å²) in [5.41, 5.74) is 3.37. The van der Waals surface area contributed by atoms with Crippen LogP contribution in [-0.2, 0) is 9.53 Å². The van der Waals surface area contributed by atoms with Gasteiger partial charge < -0.3 is 14.2 Å². The van der Waals surface area contributed by atoms with Gasteiger partial charge in [-0.1, -0.05) is 29.8 Å². The zero-order chi connectivity index (χ0) is 21.5. The number of carbonyl (C=O) groups excluding carboxylic acids is 1. The Kier molecular flexibility index (Phi) is 7.44. The van der Waals surface area contributed by atoms with Crippen molar-refractivity contribution < 1.29 is 19.0 Å². The number of benzene rings is 2. The molecule has 0 saturated carbocycles. The number of aromatic nitrogens is 1. The quantitative estimate of drug-likeness (QED) is 0.337. The number of nitrogens with zero attached hydrogens (tertiary/aromatic N) is 1. The third-order valence-electron chi connectivity index (χ3n) is 4.39. The van der Waals surface area contributed by atoms with Gasteiger partial charge in [0.15, 0.2) is 6.10 Å². The van der Waals surface area contributed by atoms with E-state index in [4.69, 9.17) is 30.8 Å². The summed E-state index contributed by atoms with van der Waals surface area (Å²) in [6.07, 6.45) is -0.392. The molecule has 1 heterocycles. The van der Waals surface area contributed by atoms with E-state index in [-0.39, 0.29) is 5.97 Å². The van der Waals surface area contributed by atoms with E-state index in [1.807, 2.05) is 62.4 Å². The van der Waals surface area contributed by atoms with Crippen LogP contribution in [0.15, 0.2) is 60.7 Å². The number of esters is 1. The smallest absolute Gasteiger partial charge is 0.308 e. The van der Waals surface area contributed by atoms with Crippen LogP contribution in [0.2, 0.25) is 5.02 Å². The number of hydrogen-bond acceptors (Lipinski definition) is 5. The molecule has 5 nitrogen and oxygen atoms in total. The fourth-order valence-corrected chi connectivity index (χ4v) is 3.07. The summed E-state index contributed by atoms with van der Waals surface area (Å²) < 4.78 is 17.0. The van der Waals surface area contributed by atoms with E-state index in [1.165, 1.54) is 6.92 Å². The minimum Gasteiger partial charge on any atom is -0.482 e. The van der Waals surface area contributed by atoms with Crippen LogP contribution in [0, 0.1) is 6.92 Å². The summed E-state index contributed by atoms with van der Waals surface area (Å²) in [7, 11) is 0. The van der Waals surface area contributed by atoms with Crippen LogP contribution in [0.25, 0.3) is 11.3 Å². The topological polar surface area (TPSA) is 57.7 Å². The maximum Gasteiger partial charge on any atom is 0.308 e. The molecule has 0 spiro atoms. The van der Waals surface area contributed by atoms with Gasteiger partial charge in [-0.05, 0) is 61.9 Å². The van der Waals surface area contributed by atoms with Crippen LogP contribution in [0.4, 0.5) is 0 Å². The molecule has 0 saturated heterocycles. The third kappa shape index (κ3) is 5.81. The van der Waals surface area contributed by atoms with E-state index in [0.29, 0.717) is 29.7 Å². The number of aryl methyl sites for hydroxylation is 1. The van der Waals surface area contributed by atoms with Gasteiger partial charge in [0.25, 0.3) is 0 Å². The second kappa shape index (κ2) is 10.2. The first kappa shape index (κ1) is 21.8. The zero-order valence-corrected chi connectivity index (χ0v) is 18.0. The standard InChI is InChI=1S/C24H24ClNO4/c1-4-28-15-24(30-20-12-13-23(16(2)14-20)29-17(3)27)22-7-5-6-21(26-22)18-8-10-19(25)11-9-18/h5-14,24H,4,15H2,1-3H3/t24-/m1/s1. The molecule has 2 aromatic carbocycles. The molecule has 30 heavy (non-hydrogen) atoms. The second-order valence-corrected chi connectivity index (χ2v) is 7.18. The van der Waals surface area contributed by atoms with Crippen LogP contribution in [0.3, 0.4) is 0 Å². The molecular formula is C24H24ClNO4. The van der Waals surface area contributed by atoms with Crippen molar-refractivity contribution >= 4 is 17.6 Å². The summed E-state index contributed by atoms with van der Waals surface area (Å²) >= 11 is 6.00. The van der Waals surface area contributed by atoms with Crippen molar-refractivity contribution in [2.24, 2.45) is 0 Å². The first-order valence-corrected chi connectivity index (χ1v) is 10.1. The third-order valence-corrected chi connectivity index (χ3v) is 4.64. The largest absolute Gasteiger partial charge is 0.482 e. The second-order valence-electron chi connectivity index (χ2n) is 6.74. The van der Waals surface area contributed by atoms with Crippen LogP contribution < -0.4 is 9.47 Å². The fraction of sp³-hybridized carbons (Fsp3) is 0.250. The van der Waals surface area contributed by atoms with Crippen molar-refractivity contribution in [3.05, 3.63) is 76.9 Å². The highest BCUT2D eigenvalue weighted by Crippen LogP contribution is 2.28. The van der Waals surface area contributed by atoms with Crippen molar-refractivity contribution in [2.45, 2.75) is 26.9 Å². The zero-order valence-electron chi connectivity index (χ0n) is 17.2. The van der Waals surface area contributed by atoms with E-state index >= 15 is 0 Å². The molecule has 1 aromatic heterocycles. The number of pyridine rings is 1. The average molecular weight is 426 g/mol. The summed E-state index contributed by atoms with van der Waals surface area (Å²) in [5, 5.41) is 0.681. The molecule has 0 radical (unpaired) electrons. The van der Waals surface area contributed by atoms with Gasteiger partial charge in [-0.25, -0.2) is 4.98 Å².